The number of amides is 2. The van der Waals surface area contributed by atoms with E-state index in [4.69, 9.17) is 4.74 Å². The summed E-state index contributed by atoms with van der Waals surface area (Å²) in [6.45, 7) is 3.99. The molecule has 5 nitrogen and oxygen atoms in total. The van der Waals surface area contributed by atoms with Gasteiger partial charge in [-0.1, -0.05) is 36.8 Å². The monoisotopic (exact) mass is 344 g/mol. The van der Waals surface area contributed by atoms with Crippen molar-refractivity contribution in [2.75, 3.05) is 26.2 Å². The van der Waals surface area contributed by atoms with Crippen molar-refractivity contribution < 1.29 is 14.3 Å². The second kappa shape index (κ2) is 7.89. The van der Waals surface area contributed by atoms with E-state index in [0.717, 1.165) is 25.7 Å². The van der Waals surface area contributed by atoms with Gasteiger partial charge in [-0.15, -0.1) is 0 Å². The number of ether oxygens (including phenoxy) is 1. The average molecular weight is 344 g/mol. The number of nitrogens with zero attached hydrogens (tertiary/aromatic N) is 1. The third kappa shape index (κ3) is 3.97. The molecule has 1 saturated heterocycles. The highest BCUT2D eigenvalue weighted by Crippen LogP contribution is 2.43. The van der Waals surface area contributed by atoms with Gasteiger partial charge < -0.3 is 15.0 Å². The predicted molar refractivity (Wildman–Crippen MR) is 96.3 cm³/mol. The second-order valence-corrected chi connectivity index (χ2v) is 7.20. The maximum absolute atomic E-state index is 12.7. The molecule has 1 aromatic carbocycles. The molecular formula is C20H28N2O3. The molecule has 0 aromatic heterocycles. The van der Waals surface area contributed by atoms with E-state index in [1.165, 1.54) is 12.0 Å². The number of likely N-dealkylation sites (tertiary alicyclic amines) is 1. The van der Waals surface area contributed by atoms with E-state index in [1.807, 2.05) is 6.07 Å². The van der Waals surface area contributed by atoms with Crippen LogP contribution in [0.5, 0.6) is 0 Å². The number of piperidine rings is 1. The Morgan fingerprint density at radius 1 is 1.24 bits per heavy atom. The Bertz CT molecular complexity index is 598. The molecule has 136 valence electrons. The van der Waals surface area contributed by atoms with Crippen molar-refractivity contribution in [1.82, 2.24) is 10.2 Å². The van der Waals surface area contributed by atoms with Crippen LogP contribution in [0.4, 0.5) is 4.79 Å². The van der Waals surface area contributed by atoms with E-state index < -0.39 is 0 Å². The van der Waals surface area contributed by atoms with Crippen molar-refractivity contribution in [3.05, 3.63) is 35.9 Å². The minimum absolute atomic E-state index is 0.0659. The number of hydrogen-bond acceptors (Lipinski definition) is 3. The molecular weight excluding hydrogens is 316 g/mol. The molecule has 0 bridgehead atoms. The average Bonchev–Trinajstić information content (AvgIpc) is 2.62. The minimum atomic E-state index is -0.306. The second-order valence-electron chi connectivity index (χ2n) is 7.20. The molecule has 1 atom stereocenters. The van der Waals surface area contributed by atoms with Gasteiger partial charge in [-0.05, 0) is 38.2 Å². The summed E-state index contributed by atoms with van der Waals surface area (Å²) in [6, 6.07) is 10.5. The van der Waals surface area contributed by atoms with E-state index in [9.17, 15) is 9.59 Å². The zero-order valence-electron chi connectivity index (χ0n) is 15.0. The number of hydrogen-bond donors (Lipinski definition) is 1. The quantitative estimate of drug-likeness (QED) is 0.893. The van der Waals surface area contributed by atoms with Crippen LogP contribution in [0.15, 0.2) is 30.3 Å². The molecule has 3 rings (SSSR count). The number of nitrogens with one attached hydrogen (secondary N) is 1. The number of benzene rings is 1. The molecule has 25 heavy (non-hydrogen) atoms. The van der Waals surface area contributed by atoms with Gasteiger partial charge in [-0.25, -0.2) is 4.79 Å². The molecule has 0 radical (unpaired) electrons. The molecule has 2 fully saturated rings. The van der Waals surface area contributed by atoms with Gasteiger partial charge in [0.25, 0.3) is 0 Å². The van der Waals surface area contributed by atoms with Crippen molar-refractivity contribution in [1.29, 1.82) is 0 Å². The Kier molecular flexibility index (Phi) is 5.61. The van der Waals surface area contributed by atoms with E-state index in [1.54, 1.807) is 11.8 Å². The van der Waals surface area contributed by atoms with Gasteiger partial charge in [0.15, 0.2) is 0 Å². The molecule has 0 spiro atoms. The van der Waals surface area contributed by atoms with Crippen LogP contribution in [0.2, 0.25) is 0 Å². The van der Waals surface area contributed by atoms with Crippen LogP contribution in [-0.4, -0.2) is 43.1 Å². The van der Waals surface area contributed by atoms with Crippen molar-refractivity contribution in [2.45, 2.75) is 44.4 Å². The molecule has 1 aromatic rings. The fraction of sp³-hybridized carbons (Fsp3) is 0.600. The first-order valence-electron chi connectivity index (χ1n) is 9.39. The molecule has 2 amide bonds. The molecule has 5 heteroatoms. The smallest absolute Gasteiger partial charge is 0.409 e. The fourth-order valence-corrected chi connectivity index (χ4v) is 3.94. The Morgan fingerprint density at radius 3 is 2.64 bits per heavy atom. The lowest BCUT2D eigenvalue weighted by atomic mass is 9.64. The SMILES string of the molecule is CCOC(=O)N1CCCC(C(=O)NCC2(c3ccccc3)CCC2)C1. The molecule has 1 aliphatic heterocycles. The Hall–Kier alpha value is -2.04. The number of rotatable bonds is 5. The lowest BCUT2D eigenvalue weighted by Gasteiger charge is -2.43. The summed E-state index contributed by atoms with van der Waals surface area (Å²) in [5.41, 5.74) is 1.41. The third-order valence-electron chi connectivity index (χ3n) is 5.62. The van der Waals surface area contributed by atoms with Gasteiger partial charge in [-0.2, -0.15) is 0 Å². The Labute approximate surface area is 149 Å². The van der Waals surface area contributed by atoms with Gasteiger partial charge in [0, 0.05) is 25.0 Å². The van der Waals surface area contributed by atoms with Crippen LogP contribution in [0, 0.1) is 5.92 Å². The maximum Gasteiger partial charge on any atom is 0.409 e. The van der Waals surface area contributed by atoms with Crippen LogP contribution in [0.3, 0.4) is 0 Å². The fourth-order valence-electron chi connectivity index (χ4n) is 3.94. The minimum Gasteiger partial charge on any atom is -0.450 e. The van der Waals surface area contributed by atoms with Gasteiger partial charge in [0.1, 0.15) is 0 Å². The van der Waals surface area contributed by atoms with Crippen LogP contribution in [0.25, 0.3) is 0 Å². The van der Waals surface area contributed by atoms with E-state index in [-0.39, 0.29) is 23.3 Å². The highest BCUT2D eigenvalue weighted by Gasteiger charge is 2.39. The first kappa shape index (κ1) is 17.8. The van der Waals surface area contributed by atoms with Gasteiger partial charge in [-0.3, -0.25) is 4.79 Å². The third-order valence-corrected chi connectivity index (χ3v) is 5.62. The van der Waals surface area contributed by atoms with E-state index in [0.29, 0.717) is 26.2 Å². The maximum atomic E-state index is 12.7. The lowest BCUT2D eigenvalue weighted by Crippen LogP contribution is -2.50. The van der Waals surface area contributed by atoms with Crippen LogP contribution in [-0.2, 0) is 14.9 Å². The van der Waals surface area contributed by atoms with Gasteiger partial charge >= 0.3 is 6.09 Å². The predicted octanol–water partition coefficient (Wildman–Crippen LogP) is 3.09. The molecule has 1 N–H and O–H groups in total. The van der Waals surface area contributed by atoms with E-state index >= 15 is 0 Å². The summed E-state index contributed by atoms with van der Waals surface area (Å²) in [6.07, 6.45) is 4.83. The van der Waals surface area contributed by atoms with Crippen molar-refractivity contribution in [3.63, 3.8) is 0 Å². The Morgan fingerprint density at radius 2 is 2.00 bits per heavy atom. The zero-order chi connectivity index (χ0) is 17.7. The Balaban J connectivity index is 1.56. The highest BCUT2D eigenvalue weighted by atomic mass is 16.6. The van der Waals surface area contributed by atoms with Crippen LogP contribution >= 0.6 is 0 Å². The van der Waals surface area contributed by atoms with Crippen LogP contribution in [0.1, 0.15) is 44.6 Å². The molecule has 1 unspecified atom stereocenters. The van der Waals surface area contributed by atoms with E-state index in [2.05, 4.69) is 29.6 Å². The standard InChI is InChI=1S/C20H28N2O3/c1-2-25-19(24)22-13-6-8-16(14-22)18(23)21-15-20(11-7-12-20)17-9-4-3-5-10-17/h3-5,9-10,16H,2,6-8,11-15H2,1H3,(H,21,23). The first-order chi connectivity index (χ1) is 12.1. The van der Waals surface area contributed by atoms with Gasteiger partial charge in [0.2, 0.25) is 5.91 Å². The molecule has 1 saturated carbocycles. The summed E-state index contributed by atoms with van der Waals surface area (Å²) in [7, 11) is 0. The van der Waals surface area contributed by atoms with Crippen molar-refractivity contribution in [2.24, 2.45) is 5.92 Å². The number of carbonyl (C=O) groups excluding carboxylic acids is 2. The largest absolute Gasteiger partial charge is 0.450 e. The van der Waals surface area contributed by atoms with Crippen molar-refractivity contribution in [3.8, 4) is 0 Å². The van der Waals surface area contributed by atoms with Gasteiger partial charge in [0.05, 0.1) is 12.5 Å². The summed E-state index contributed by atoms with van der Waals surface area (Å²) < 4.78 is 5.06. The number of carbonyl (C=O) groups is 2. The summed E-state index contributed by atoms with van der Waals surface area (Å²) in [4.78, 5) is 26.2. The normalized spacial score (nSPS) is 22.0. The molecule has 1 heterocycles. The van der Waals surface area contributed by atoms with Crippen molar-refractivity contribution >= 4 is 12.0 Å². The topological polar surface area (TPSA) is 58.6 Å². The first-order valence-corrected chi connectivity index (χ1v) is 9.39. The summed E-state index contributed by atoms with van der Waals surface area (Å²) >= 11 is 0. The summed E-state index contributed by atoms with van der Waals surface area (Å²) in [5.74, 6) is -0.0674. The lowest BCUT2D eigenvalue weighted by molar-refractivity contribution is -0.126. The van der Waals surface area contributed by atoms with Crippen LogP contribution < -0.4 is 5.32 Å². The zero-order valence-corrected chi connectivity index (χ0v) is 15.0. The molecule has 2 aliphatic rings. The highest BCUT2D eigenvalue weighted by molar-refractivity contribution is 5.80. The summed E-state index contributed by atoms with van der Waals surface area (Å²) in [5, 5.41) is 3.17. The molecule has 1 aliphatic carbocycles.